The third-order valence-electron chi connectivity index (χ3n) is 6.11. The van der Waals surface area contributed by atoms with E-state index in [1.807, 2.05) is 100 Å². The number of aromatic nitrogens is 4. The first kappa shape index (κ1) is 29.3. The van der Waals surface area contributed by atoms with Crippen LogP contribution < -0.4 is 0 Å². The molecule has 0 amide bonds. The Kier molecular flexibility index (Phi) is 11.7. The number of rotatable bonds is 12. The lowest BCUT2D eigenvalue weighted by Crippen LogP contribution is -2.20. The van der Waals surface area contributed by atoms with Crippen LogP contribution in [0.4, 0.5) is 0 Å². The highest BCUT2D eigenvalue weighted by atomic mass is 16.5. The Hall–Kier alpha value is -3.30. The van der Waals surface area contributed by atoms with Gasteiger partial charge in [-0.15, -0.1) is 0 Å². The normalized spacial score (nSPS) is 12.8. The standard InChI is InChI=1S/2C15H21N3O/c2*1-17(2)11-12-19-15(13-7-5-4-6-8-13)14-9-10-16-18(14)3/h2*4-10,15H,11-12H2,1-3H3. The maximum Gasteiger partial charge on any atom is 0.124 e. The summed E-state index contributed by atoms with van der Waals surface area (Å²) in [6, 6.07) is 24.6. The molecule has 38 heavy (non-hydrogen) atoms. The minimum absolute atomic E-state index is 0.0614. The molecule has 0 saturated carbocycles. The van der Waals surface area contributed by atoms with Crippen LogP contribution in [0.25, 0.3) is 0 Å². The lowest BCUT2D eigenvalue weighted by Gasteiger charge is -2.20. The average Bonchev–Trinajstić information content (AvgIpc) is 3.53. The molecule has 2 unspecified atom stereocenters. The molecule has 2 atom stereocenters. The second-order valence-corrected chi connectivity index (χ2v) is 9.69. The molecule has 0 radical (unpaired) electrons. The molecule has 204 valence electrons. The van der Waals surface area contributed by atoms with Crippen LogP contribution in [0.5, 0.6) is 0 Å². The van der Waals surface area contributed by atoms with Crippen molar-refractivity contribution in [2.24, 2.45) is 14.1 Å². The zero-order valence-electron chi connectivity index (χ0n) is 23.6. The van der Waals surface area contributed by atoms with Crippen molar-refractivity contribution in [1.29, 1.82) is 0 Å². The summed E-state index contributed by atoms with van der Waals surface area (Å²) in [7, 11) is 12.1. The minimum atomic E-state index is -0.0614. The number of hydrogen-bond acceptors (Lipinski definition) is 6. The molecule has 0 spiro atoms. The van der Waals surface area contributed by atoms with Gasteiger partial charge in [0, 0.05) is 39.6 Å². The quantitative estimate of drug-likeness (QED) is 0.281. The number of nitrogens with zero attached hydrogens (tertiary/aromatic N) is 6. The van der Waals surface area contributed by atoms with E-state index in [4.69, 9.17) is 9.47 Å². The van der Waals surface area contributed by atoms with Crippen molar-refractivity contribution >= 4 is 0 Å². The second kappa shape index (κ2) is 15.2. The molecule has 2 aromatic heterocycles. The highest BCUT2D eigenvalue weighted by Crippen LogP contribution is 2.26. The Bertz CT molecular complexity index is 1080. The smallest absolute Gasteiger partial charge is 0.124 e. The minimum Gasteiger partial charge on any atom is -0.366 e. The fourth-order valence-corrected chi connectivity index (χ4v) is 3.95. The number of benzene rings is 2. The van der Waals surface area contributed by atoms with Crippen molar-refractivity contribution in [1.82, 2.24) is 29.4 Å². The van der Waals surface area contributed by atoms with E-state index in [9.17, 15) is 0 Å². The van der Waals surface area contributed by atoms with Gasteiger partial charge in [0.1, 0.15) is 12.2 Å². The number of aryl methyl sites for hydroxylation is 2. The van der Waals surface area contributed by atoms with Gasteiger partial charge in [0.15, 0.2) is 0 Å². The summed E-state index contributed by atoms with van der Waals surface area (Å²) in [4.78, 5) is 4.23. The third kappa shape index (κ3) is 8.92. The Labute approximate surface area is 227 Å². The number of ether oxygens (including phenoxy) is 2. The second-order valence-electron chi connectivity index (χ2n) is 9.69. The lowest BCUT2D eigenvalue weighted by atomic mass is 10.1. The Balaban J connectivity index is 0.000000211. The van der Waals surface area contributed by atoms with Crippen molar-refractivity contribution in [3.8, 4) is 0 Å². The van der Waals surface area contributed by atoms with E-state index in [2.05, 4.69) is 44.3 Å². The Morgan fingerprint density at radius 1 is 0.605 bits per heavy atom. The van der Waals surface area contributed by atoms with Gasteiger partial charge >= 0.3 is 0 Å². The van der Waals surface area contributed by atoms with Crippen molar-refractivity contribution in [3.63, 3.8) is 0 Å². The molecule has 2 aromatic carbocycles. The Morgan fingerprint density at radius 3 is 1.26 bits per heavy atom. The molecular weight excluding hydrogens is 476 g/mol. The first-order valence-corrected chi connectivity index (χ1v) is 12.9. The molecule has 0 aliphatic heterocycles. The van der Waals surface area contributed by atoms with Crippen molar-refractivity contribution in [3.05, 3.63) is 108 Å². The molecule has 0 aliphatic rings. The molecule has 8 heteroatoms. The summed E-state index contributed by atoms with van der Waals surface area (Å²) in [5.74, 6) is 0. The van der Waals surface area contributed by atoms with Gasteiger partial charge in [-0.25, -0.2) is 0 Å². The summed E-state index contributed by atoms with van der Waals surface area (Å²) >= 11 is 0. The molecule has 0 saturated heterocycles. The molecule has 4 aromatic rings. The number of likely N-dealkylation sites (N-methyl/N-ethyl adjacent to an activating group) is 2. The zero-order chi connectivity index (χ0) is 27.3. The van der Waals surface area contributed by atoms with E-state index in [1.165, 1.54) is 0 Å². The van der Waals surface area contributed by atoms with Crippen LogP contribution in [0, 0.1) is 0 Å². The summed E-state index contributed by atoms with van der Waals surface area (Å²) in [5, 5.41) is 8.46. The molecule has 0 bridgehead atoms. The van der Waals surface area contributed by atoms with Crippen LogP contribution in [0.3, 0.4) is 0 Å². The summed E-state index contributed by atoms with van der Waals surface area (Å²) in [6.07, 6.45) is 3.49. The first-order chi connectivity index (χ1) is 18.4. The van der Waals surface area contributed by atoms with E-state index in [1.54, 1.807) is 12.4 Å². The molecule has 8 nitrogen and oxygen atoms in total. The van der Waals surface area contributed by atoms with Crippen LogP contribution in [-0.2, 0) is 23.6 Å². The predicted octanol–water partition coefficient (Wildman–Crippen LogP) is 4.18. The van der Waals surface area contributed by atoms with Crippen LogP contribution in [-0.4, -0.2) is 83.9 Å². The molecule has 2 heterocycles. The SMILES string of the molecule is CN(C)CCOC(c1ccccc1)c1ccnn1C.CN(C)CCOC(c1ccccc1)c1ccnn1C. The van der Waals surface area contributed by atoms with Gasteiger partial charge in [-0.3, -0.25) is 9.36 Å². The van der Waals surface area contributed by atoms with E-state index >= 15 is 0 Å². The van der Waals surface area contributed by atoms with Crippen LogP contribution in [0.15, 0.2) is 85.2 Å². The lowest BCUT2D eigenvalue weighted by molar-refractivity contribution is 0.0638. The fraction of sp³-hybridized carbons (Fsp3) is 0.400. The fourth-order valence-electron chi connectivity index (χ4n) is 3.95. The van der Waals surface area contributed by atoms with Gasteiger partial charge in [-0.2, -0.15) is 10.2 Å². The van der Waals surface area contributed by atoms with Gasteiger partial charge in [0.05, 0.1) is 24.6 Å². The maximum atomic E-state index is 6.06. The summed E-state index contributed by atoms with van der Waals surface area (Å²) in [5.41, 5.74) is 4.46. The van der Waals surface area contributed by atoms with E-state index < -0.39 is 0 Å². The van der Waals surface area contributed by atoms with Crippen LogP contribution in [0.2, 0.25) is 0 Å². The van der Waals surface area contributed by atoms with Gasteiger partial charge in [-0.1, -0.05) is 60.7 Å². The largest absolute Gasteiger partial charge is 0.366 e. The topological polar surface area (TPSA) is 60.6 Å². The van der Waals surface area contributed by atoms with Crippen LogP contribution in [0.1, 0.15) is 34.7 Å². The van der Waals surface area contributed by atoms with E-state index in [-0.39, 0.29) is 12.2 Å². The predicted molar refractivity (Wildman–Crippen MR) is 152 cm³/mol. The highest BCUT2D eigenvalue weighted by Gasteiger charge is 2.18. The highest BCUT2D eigenvalue weighted by molar-refractivity contribution is 5.26. The van der Waals surface area contributed by atoms with Gasteiger partial charge in [-0.05, 0) is 51.5 Å². The molecule has 0 fully saturated rings. The van der Waals surface area contributed by atoms with Crippen LogP contribution >= 0.6 is 0 Å². The molecule has 0 aliphatic carbocycles. The number of hydrogen-bond donors (Lipinski definition) is 0. The van der Waals surface area contributed by atoms with E-state index in [0.29, 0.717) is 13.2 Å². The van der Waals surface area contributed by atoms with Gasteiger partial charge in [0.2, 0.25) is 0 Å². The molecule has 0 N–H and O–H groups in total. The van der Waals surface area contributed by atoms with Gasteiger partial charge in [0.25, 0.3) is 0 Å². The van der Waals surface area contributed by atoms with Crippen molar-refractivity contribution < 1.29 is 9.47 Å². The third-order valence-corrected chi connectivity index (χ3v) is 6.11. The molecular formula is C30H42N6O2. The maximum absolute atomic E-state index is 6.06. The Morgan fingerprint density at radius 2 is 0.974 bits per heavy atom. The van der Waals surface area contributed by atoms with E-state index in [0.717, 1.165) is 35.6 Å². The molecule has 4 rings (SSSR count). The first-order valence-electron chi connectivity index (χ1n) is 12.9. The monoisotopic (exact) mass is 518 g/mol. The van der Waals surface area contributed by atoms with Crippen molar-refractivity contribution in [2.45, 2.75) is 12.2 Å². The summed E-state index contributed by atoms with van der Waals surface area (Å²) < 4.78 is 15.9. The zero-order valence-corrected chi connectivity index (χ0v) is 23.6. The average molecular weight is 519 g/mol. The van der Waals surface area contributed by atoms with Crippen molar-refractivity contribution in [2.75, 3.05) is 54.5 Å². The summed E-state index contributed by atoms with van der Waals surface area (Å²) in [6.45, 7) is 3.19. The van der Waals surface area contributed by atoms with Gasteiger partial charge < -0.3 is 19.3 Å².